The molecule has 2 N–H and O–H groups in total. The summed E-state index contributed by atoms with van der Waals surface area (Å²) in [5.74, 6) is -9.09. The van der Waals surface area contributed by atoms with Crippen LogP contribution in [0.25, 0.3) is 0 Å². The highest BCUT2D eigenvalue weighted by Gasteiger charge is 2.28. The highest BCUT2D eigenvalue weighted by Crippen LogP contribution is 2.26. The van der Waals surface area contributed by atoms with E-state index in [-0.39, 0.29) is 6.54 Å². The minimum atomic E-state index is -2.12. The predicted octanol–water partition coefficient (Wildman–Crippen LogP) is 2.94. The molecule has 21 heavy (non-hydrogen) atoms. The van der Waals surface area contributed by atoms with E-state index in [2.05, 4.69) is 0 Å². The van der Waals surface area contributed by atoms with Gasteiger partial charge >= 0.3 is 0 Å². The van der Waals surface area contributed by atoms with Gasteiger partial charge in [-0.15, -0.1) is 0 Å². The molecule has 0 aromatic heterocycles. The Bertz CT molecular complexity index is 490. The second kappa shape index (κ2) is 6.70. The summed E-state index contributed by atoms with van der Waals surface area (Å²) in [5.41, 5.74) is 4.72. The number of likely N-dealkylation sites (tertiary alicyclic amines) is 1. The molecular formula is C14H17F5N2. The maximum atomic E-state index is 13.6. The number of hydrogen-bond donors (Lipinski definition) is 1. The van der Waals surface area contributed by atoms with E-state index in [0.29, 0.717) is 25.6 Å². The summed E-state index contributed by atoms with van der Waals surface area (Å²) in [6.45, 7) is 1.35. The molecule has 2 rings (SSSR count). The summed E-state index contributed by atoms with van der Waals surface area (Å²) in [5, 5.41) is 0. The van der Waals surface area contributed by atoms with Crippen LogP contribution in [0.3, 0.4) is 0 Å². The minimum absolute atomic E-state index is 0.285. The van der Waals surface area contributed by atoms with Crippen LogP contribution >= 0.6 is 0 Å². The van der Waals surface area contributed by atoms with E-state index >= 15 is 0 Å². The molecular weight excluding hydrogens is 291 g/mol. The standard InChI is InChI=1S/C14H17F5N2/c15-10-9(11(16)13(18)14(19)12(10)17)7-21-5-1-2-8(6-21)3-4-20/h8H,1-7,20H2. The normalized spacial score (nSPS) is 20.0. The maximum absolute atomic E-state index is 13.6. The van der Waals surface area contributed by atoms with Gasteiger partial charge in [0.2, 0.25) is 5.82 Å². The molecule has 1 saturated heterocycles. The molecule has 0 spiro atoms. The monoisotopic (exact) mass is 308 g/mol. The zero-order chi connectivity index (χ0) is 15.6. The molecule has 1 fully saturated rings. The van der Waals surface area contributed by atoms with Gasteiger partial charge in [-0.05, 0) is 38.3 Å². The number of nitrogens with zero attached hydrogens (tertiary/aromatic N) is 1. The van der Waals surface area contributed by atoms with Gasteiger partial charge in [0.25, 0.3) is 0 Å². The first-order valence-electron chi connectivity index (χ1n) is 6.88. The highest BCUT2D eigenvalue weighted by atomic mass is 19.2. The van der Waals surface area contributed by atoms with Gasteiger partial charge in [-0.1, -0.05) is 0 Å². The molecule has 1 heterocycles. The number of piperidine rings is 1. The largest absolute Gasteiger partial charge is 0.330 e. The third kappa shape index (κ3) is 3.35. The van der Waals surface area contributed by atoms with E-state index in [1.165, 1.54) is 0 Å². The number of hydrogen-bond acceptors (Lipinski definition) is 2. The molecule has 1 aliphatic heterocycles. The van der Waals surface area contributed by atoms with Gasteiger partial charge in [-0.2, -0.15) is 0 Å². The average molecular weight is 308 g/mol. The molecule has 0 aliphatic carbocycles. The van der Waals surface area contributed by atoms with Gasteiger partial charge in [0.15, 0.2) is 23.3 Å². The number of nitrogens with two attached hydrogens (primary N) is 1. The van der Waals surface area contributed by atoms with Crippen LogP contribution in [-0.2, 0) is 6.54 Å². The Morgan fingerprint density at radius 3 is 2.10 bits per heavy atom. The van der Waals surface area contributed by atoms with Crippen molar-refractivity contribution in [2.45, 2.75) is 25.8 Å². The van der Waals surface area contributed by atoms with E-state index in [1.807, 2.05) is 0 Å². The minimum Gasteiger partial charge on any atom is -0.330 e. The van der Waals surface area contributed by atoms with Crippen molar-refractivity contribution in [3.05, 3.63) is 34.6 Å². The number of halogens is 5. The molecule has 0 bridgehead atoms. The summed E-state index contributed by atoms with van der Waals surface area (Å²) < 4.78 is 66.6. The van der Waals surface area contributed by atoms with Gasteiger partial charge in [-0.25, -0.2) is 22.0 Å². The molecule has 118 valence electrons. The number of rotatable bonds is 4. The van der Waals surface area contributed by atoms with Crippen molar-refractivity contribution in [2.75, 3.05) is 19.6 Å². The average Bonchev–Trinajstić information content (AvgIpc) is 2.48. The van der Waals surface area contributed by atoms with Crippen LogP contribution in [-0.4, -0.2) is 24.5 Å². The molecule has 1 aromatic rings. The van der Waals surface area contributed by atoms with E-state index in [9.17, 15) is 22.0 Å². The Morgan fingerprint density at radius 2 is 1.52 bits per heavy atom. The summed E-state index contributed by atoms with van der Waals surface area (Å²) in [7, 11) is 0. The van der Waals surface area contributed by atoms with Crippen LogP contribution in [0.1, 0.15) is 24.8 Å². The lowest BCUT2D eigenvalue weighted by Gasteiger charge is -2.32. The van der Waals surface area contributed by atoms with E-state index < -0.39 is 34.6 Å². The van der Waals surface area contributed by atoms with Gasteiger partial charge < -0.3 is 5.73 Å². The predicted molar refractivity (Wildman–Crippen MR) is 67.9 cm³/mol. The van der Waals surface area contributed by atoms with E-state index in [1.54, 1.807) is 4.90 Å². The summed E-state index contributed by atoms with van der Waals surface area (Å²) >= 11 is 0. The van der Waals surface area contributed by atoms with Crippen LogP contribution in [0, 0.1) is 35.0 Å². The molecule has 2 nitrogen and oxygen atoms in total. The molecule has 1 aromatic carbocycles. The summed E-state index contributed by atoms with van der Waals surface area (Å²) in [6, 6.07) is 0. The molecule has 0 amide bonds. The van der Waals surface area contributed by atoms with Crippen molar-refractivity contribution >= 4 is 0 Å². The van der Waals surface area contributed by atoms with Crippen molar-refractivity contribution in [3.63, 3.8) is 0 Å². The second-order valence-electron chi connectivity index (χ2n) is 5.37. The smallest absolute Gasteiger partial charge is 0.200 e. The maximum Gasteiger partial charge on any atom is 0.200 e. The van der Waals surface area contributed by atoms with Gasteiger partial charge in [-0.3, -0.25) is 4.90 Å². The Morgan fingerprint density at radius 1 is 0.952 bits per heavy atom. The van der Waals surface area contributed by atoms with Crippen molar-refractivity contribution in [1.29, 1.82) is 0 Å². The lowest BCUT2D eigenvalue weighted by molar-refractivity contribution is 0.158. The van der Waals surface area contributed by atoms with Crippen molar-refractivity contribution in [2.24, 2.45) is 11.7 Å². The van der Waals surface area contributed by atoms with E-state index in [0.717, 1.165) is 19.3 Å². The third-order valence-corrected chi connectivity index (χ3v) is 3.86. The molecule has 1 aliphatic rings. The zero-order valence-corrected chi connectivity index (χ0v) is 11.4. The Hall–Kier alpha value is -1.21. The fourth-order valence-electron chi connectivity index (χ4n) is 2.78. The SMILES string of the molecule is NCCC1CCCN(Cc2c(F)c(F)c(F)c(F)c2F)C1. The van der Waals surface area contributed by atoms with Crippen molar-refractivity contribution in [3.8, 4) is 0 Å². The van der Waals surface area contributed by atoms with Crippen LogP contribution in [0.4, 0.5) is 22.0 Å². The number of benzene rings is 1. The second-order valence-corrected chi connectivity index (χ2v) is 5.37. The summed E-state index contributed by atoms with van der Waals surface area (Å²) in [6.07, 6.45) is 2.57. The molecule has 1 atom stereocenters. The van der Waals surface area contributed by atoms with Gasteiger partial charge in [0, 0.05) is 18.7 Å². The Labute approximate surface area is 119 Å². The Balaban J connectivity index is 2.20. The third-order valence-electron chi connectivity index (χ3n) is 3.86. The van der Waals surface area contributed by atoms with Crippen molar-refractivity contribution in [1.82, 2.24) is 4.90 Å². The molecule has 0 saturated carbocycles. The van der Waals surface area contributed by atoms with Crippen molar-refractivity contribution < 1.29 is 22.0 Å². The van der Waals surface area contributed by atoms with Crippen LogP contribution in [0.5, 0.6) is 0 Å². The Kier molecular flexibility index (Phi) is 5.16. The fraction of sp³-hybridized carbons (Fsp3) is 0.571. The molecule has 7 heteroatoms. The lowest BCUT2D eigenvalue weighted by atomic mass is 9.94. The zero-order valence-electron chi connectivity index (χ0n) is 11.4. The van der Waals surface area contributed by atoms with Crippen LogP contribution < -0.4 is 5.73 Å². The first-order chi connectivity index (χ1) is 9.95. The summed E-state index contributed by atoms with van der Waals surface area (Å²) in [4.78, 5) is 1.71. The topological polar surface area (TPSA) is 29.3 Å². The molecule has 0 radical (unpaired) electrons. The van der Waals surface area contributed by atoms with Gasteiger partial charge in [0.05, 0.1) is 0 Å². The van der Waals surface area contributed by atoms with Crippen LogP contribution in [0.15, 0.2) is 0 Å². The first-order valence-corrected chi connectivity index (χ1v) is 6.88. The quantitative estimate of drug-likeness (QED) is 0.526. The highest BCUT2D eigenvalue weighted by molar-refractivity contribution is 5.24. The van der Waals surface area contributed by atoms with E-state index in [4.69, 9.17) is 5.73 Å². The first kappa shape index (κ1) is 16.2. The fourth-order valence-corrected chi connectivity index (χ4v) is 2.78. The lowest BCUT2D eigenvalue weighted by Crippen LogP contribution is -2.36. The van der Waals surface area contributed by atoms with Crippen LogP contribution in [0.2, 0.25) is 0 Å². The van der Waals surface area contributed by atoms with Gasteiger partial charge in [0.1, 0.15) is 0 Å². The molecule has 1 unspecified atom stereocenters.